The van der Waals surface area contributed by atoms with Crippen LogP contribution in [0.3, 0.4) is 0 Å². The summed E-state index contributed by atoms with van der Waals surface area (Å²) in [6.45, 7) is 2.27. The van der Waals surface area contributed by atoms with E-state index in [0.717, 1.165) is 46.0 Å². The number of para-hydroxylation sites is 1. The molecule has 29 heavy (non-hydrogen) atoms. The molecule has 1 amide bonds. The Balaban J connectivity index is 1.38. The molecular formula is C21H21N5O2S. The van der Waals surface area contributed by atoms with E-state index < -0.39 is 0 Å². The summed E-state index contributed by atoms with van der Waals surface area (Å²) in [7, 11) is 0. The molecule has 7 nitrogen and oxygen atoms in total. The Bertz CT molecular complexity index is 1140. The van der Waals surface area contributed by atoms with Crippen molar-refractivity contribution in [2.24, 2.45) is 0 Å². The van der Waals surface area contributed by atoms with Crippen LogP contribution in [0.25, 0.3) is 22.3 Å². The number of hydrogen-bond acceptors (Lipinski definition) is 5. The standard InChI is InChI=1S/C21H21N5O2S/c1-13(20(27)23-11-15-5-4-10-28-15)29-21-25-24-19(26(21)14-8-9-14)17-12-22-18-7-3-2-6-16(17)18/h2-7,10,12-14,22H,8-9,11H2,1H3,(H,23,27). The second kappa shape index (κ2) is 7.44. The molecule has 148 valence electrons. The summed E-state index contributed by atoms with van der Waals surface area (Å²) in [5, 5.41) is 13.5. The van der Waals surface area contributed by atoms with Gasteiger partial charge in [0.1, 0.15) is 5.76 Å². The smallest absolute Gasteiger partial charge is 0.233 e. The minimum Gasteiger partial charge on any atom is -0.467 e. The van der Waals surface area contributed by atoms with Crippen LogP contribution < -0.4 is 5.32 Å². The predicted octanol–water partition coefficient (Wildman–Crippen LogP) is 4.15. The maximum absolute atomic E-state index is 12.5. The molecule has 3 aromatic heterocycles. The van der Waals surface area contributed by atoms with E-state index in [-0.39, 0.29) is 11.2 Å². The van der Waals surface area contributed by atoms with Crippen LogP contribution in [0, 0.1) is 0 Å². The third-order valence-electron chi connectivity index (χ3n) is 5.08. The predicted molar refractivity (Wildman–Crippen MR) is 111 cm³/mol. The molecule has 1 aliphatic carbocycles. The van der Waals surface area contributed by atoms with Crippen LogP contribution in [0.2, 0.25) is 0 Å². The lowest BCUT2D eigenvalue weighted by molar-refractivity contribution is -0.120. The summed E-state index contributed by atoms with van der Waals surface area (Å²) in [5.41, 5.74) is 2.12. The van der Waals surface area contributed by atoms with E-state index >= 15 is 0 Å². The molecule has 0 aliphatic heterocycles. The number of rotatable bonds is 7. The highest BCUT2D eigenvalue weighted by atomic mass is 32.2. The number of fused-ring (bicyclic) bond motifs is 1. The van der Waals surface area contributed by atoms with Gasteiger partial charge >= 0.3 is 0 Å². The minimum atomic E-state index is -0.289. The third-order valence-corrected chi connectivity index (χ3v) is 6.13. The molecule has 1 aromatic carbocycles. The molecule has 0 radical (unpaired) electrons. The largest absolute Gasteiger partial charge is 0.467 e. The van der Waals surface area contributed by atoms with Crippen molar-refractivity contribution in [2.75, 3.05) is 0 Å². The molecular weight excluding hydrogens is 386 g/mol. The number of benzene rings is 1. The van der Waals surface area contributed by atoms with E-state index in [0.29, 0.717) is 12.6 Å². The Hall–Kier alpha value is -3.00. The number of amides is 1. The van der Waals surface area contributed by atoms with Gasteiger partial charge in [-0.25, -0.2) is 0 Å². The molecule has 1 atom stereocenters. The molecule has 1 unspecified atom stereocenters. The molecule has 0 spiro atoms. The van der Waals surface area contributed by atoms with Crippen LogP contribution in [-0.2, 0) is 11.3 Å². The van der Waals surface area contributed by atoms with Crippen LogP contribution in [0.5, 0.6) is 0 Å². The van der Waals surface area contributed by atoms with Crippen molar-refractivity contribution < 1.29 is 9.21 Å². The molecule has 1 aliphatic rings. The zero-order valence-electron chi connectivity index (χ0n) is 16.0. The first-order valence-electron chi connectivity index (χ1n) is 9.69. The lowest BCUT2D eigenvalue weighted by Crippen LogP contribution is -2.30. The highest BCUT2D eigenvalue weighted by Gasteiger charge is 2.32. The van der Waals surface area contributed by atoms with Gasteiger partial charge in [0.2, 0.25) is 5.91 Å². The number of nitrogens with one attached hydrogen (secondary N) is 2. The van der Waals surface area contributed by atoms with Crippen molar-refractivity contribution in [3.05, 3.63) is 54.6 Å². The van der Waals surface area contributed by atoms with E-state index in [1.165, 1.54) is 11.8 Å². The first kappa shape index (κ1) is 18.1. The number of carbonyl (C=O) groups is 1. The fourth-order valence-corrected chi connectivity index (χ4v) is 4.35. The van der Waals surface area contributed by atoms with E-state index in [2.05, 4.69) is 37.2 Å². The first-order chi connectivity index (χ1) is 14.2. The topological polar surface area (TPSA) is 88.7 Å². The SMILES string of the molecule is CC(Sc1nnc(-c2c[nH]c3ccccc23)n1C1CC1)C(=O)NCc1ccco1. The number of aromatic nitrogens is 4. The molecule has 1 fully saturated rings. The summed E-state index contributed by atoms with van der Waals surface area (Å²) in [5.74, 6) is 1.54. The van der Waals surface area contributed by atoms with Gasteiger partial charge in [0.15, 0.2) is 11.0 Å². The van der Waals surface area contributed by atoms with Crippen molar-refractivity contribution in [3.8, 4) is 11.4 Å². The van der Waals surface area contributed by atoms with Crippen molar-refractivity contribution in [1.29, 1.82) is 0 Å². The van der Waals surface area contributed by atoms with Crippen molar-refractivity contribution in [1.82, 2.24) is 25.1 Å². The van der Waals surface area contributed by atoms with Crippen LogP contribution in [0.1, 0.15) is 31.6 Å². The van der Waals surface area contributed by atoms with Crippen molar-refractivity contribution in [2.45, 2.75) is 42.8 Å². The van der Waals surface area contributed by atoms with Gasteiger partial charge in [-0.05, 0) is 38.0 Å². The summed E-state index contributed by atoms with van der Waals surface area (Å²) in [4.78, 5) is 15.8. The van der Waals surface area contributed by atoms with Crippen molar-refractivity contribution in [3.63, 3.8) is 0 Å². The minimum absolute atomic E-state index is 0.0506. The second-order valence-corrected chi connectivity index (χ2v) is 8.52. The summed E-state index contributed by atoms with van der Waals surface area (Å²) >= 11 is 1.44. The highest BCUT2D eigenvalue weighted by Crippen LogP contribution is 2.42. The second-order valence-electron chi connectivity index (χ2n) is 7.21. The van der Waals surface area contributed by atoms with Gasteiger partial charge in [-0.3, -0.25) is 9.36 Å². The van der Waals surface area contributed by atoms with Gasteiger partial charge in [-0.1, -0.05) is 30.0 Å². The molecule has 0 saturated heterocycles. The molecule has 1 saturated carbocycles. The summed E-state index contributed by atoms with van der Waals surface area (Å²) in [6.07, 6.45) is 5.81. The van der Waals surface area contributed by atoms with Gasteiger partial charge in [0.25, 0.3) is 0 Å². The fourth-order valence-electron chi connectivity index (χ4n) is 3.40. The molecule has 2 N–H and O–H groups in total. The number of thioether (sulfide) groups is 1. The maximum Gasteiger partial charge on any atom is 0.233 e. The van der Waals surface area contributed by atoms with Gasteiger partial charge < -0.3 is 14.7 Å². The normalized spacial score (nSPS) is 14.9. The van der Waals surface area contributed by atoms with E-state index in [4.69, 9.17) is 4.42 Å². The monoisotopic (exact) mass is 407 g/mol. The summed E-state index contributed by atoms with van der Waals surface area (Å²) in [6, 6.07) is 12.2. The molecule has 8 heteroatoms. The fraction of sp³-hybridized carbons (Fsp3) is 0.286. The average molecular weight is 407 g/mol. The zero-order chi connectivity index (χ0) is 19.8. The van der Waals surface area contributed by atoms with E-state index in [1.54, 1.807) is 6.26 Å². The number of nitrogens with zero attached hydrogens (tertiary/aromatic N) is 3. The third kappa shape index (κ3) is 3.55. The highest BCUT2D eigenvalue weighted by molar-refractivity contribution is 8.00. The lowest BCUT2D eigenvalue weighted by Gasteiger charge is -2.13. The van der Waals surface area contributed by atoms with Crippen LogP contribution in [-0.4, -0.2) is 30.9 Å². The number of aromatic amines is 1. The Kier molecular flexibility index (Phi) is 4.63. The molecule has 4 aromatic rings. The number of hydrogen-bond donors (Lipinski definition) is 2. The van der Waals surface area contributed by atoms with E-state index in [9.17, 15) is 4.79 Å². The number of carbonyl (C=O) groups excluding carboxylic acids is 1. The van der Waals surface area contributed by atoms with Gasteiger partial charge in [0.05, 0.1) is 18.1 Å². The Morgan fingerprint density at radius 3 is 2.97 bits per heavy atom. The van der Waals surface area contributed by atoms with Crippen molar-refractivity contribution >= 4 is 28.6 Å². The Morgan fingerprint density at radius 2 is 2.17 bits per heavy atom. The average Bonchev–Trinajstić information content (AvgIpc) is 3.13. The van der Waals surface area contributed by atoms with Crippen LogP contribution in [0.15, 0.2) is 58.4 Å². The van der Waals surface area contributed by atoms with Crippen LogP contribution in [0.4, 0.5) is 0 Å². The summed E-state index contributed by atoms with van der Waals surface area (Å²) < 4.78 is 7.46. The molecule has 3 heterocycles. The number of H-pyrrole nitrogens is 1. The lowest BCUT2D eigenvalue weighted by atomic mass is 10.1. The Labute approximate surface area is 171 Å². The van der Waals surface area contributed by atoms with Gasteiger partial charge in [-0.15, -0.1) is 10.2 Å². The Morgan fingerprint density at radius 1 is 1.31 bits per heavy atom. The van der Waals surface area contributed by atoms with Gasteiger partial charge in [-0.2, -0.15) is 0 Å². The first-order valence-corrected chi connectivity index (χ1v) is 10.6. The zero-order valence-corrected chi connectivity index (χ0v) is 16.8. The van der Waals surface area contributed by atoms with Gasteiger partial charge in [0, 0.05) is 28.7 Å². The molecule has 0 bridgehead atoms. The quantitative estimate of drug-likeness (QED) is 0.449. The van der Waals surface area contributed by atoms with E-state index in [1.807, 2.05) is 37.4 Å². The van der Waals surface area contributed by atoms with Crippen LogP contribution >= 0.6 is 11.8 Å². The maximum atomic E-state index is 12.5. The number of furan rings is 1. The molecule has 5 rings (SSSR count).